The van der Waals surface area contributed by atoms with Gasteiger partial charge in [-0.25, -0.2) is 0 Å². The van der Waals surface area contributed by atoms with E-state index in [1.807, 2.05) is 24.3 Å². The van der Waals surface area contributed by atoms with Gasteiger partial charge < -0.3 is 14.7 Å². The summed E-state index contributed by atoms with van der Waals surface area (Å²) in [6.07, 6.45) is 0.806. The molecular formula is C23H30N6O3. The molecule has 2 aromatic rings. The molecule has 1 unspecified atom stereocenters. The van der Waals surface area contributed by atoms with E-state index in [4.69, 9.17) is 4.74 Å². The molecule has 9 heteroatoms. The fourth-order valence-electron chi connectivity index (χ4n) is 4.94. The molecule has 0 spiro atoms. The molecule has 9 nitrogen and oxygen atoms in total. The molecule has 5 rings (SSSR count). The molecule has 3 N–H and O–H groups in total. The highest BCUT2D eigenvalue weighted by atomic mass is 16.5. The molecule has 0 bridgehead atoms. The van der Waals surface area contributed by atoms with Crippen LogP contribution in [0.15, 0.2) is 36.4 Å². The van der Waals surface area contributed by atoms with Crippen LogP contribution in [-0.4, -0.2) is 79.9 Å². The highest BCUT2D eigenvalue weighted by Crippen LogP contribution is 2.31. The molecule has 3 aliphatic rings. The van der Waals surface area contributed by atoms with Crippen molar-refractivity contribution in [2.75, 3.05) is 62.7 Å². The number of pyridine rings is 1. The first kappa shape index (κ1) is 21.0. The van der Waals surface area contributed by atoms with E-state index >= 15 is 0 Å². The molecule has 1 amide bonds. The van der Waals surface area contributed by atoms with Gasteiger partial charge in [0.1, 0.15) is 11.6 Å². The lowest BCUT2D eigenvalue weighted by molar-refractivity contribution is -0.121. The summed E-state index contributed by atoms with van der Waals surface area (Å²) >= 11 is 0. The smallest absolute Gasteiger partial charge is 0.245 e. The number of phenols is 1. The number of hydrogen-bond acceptors (Lipinski definition) is 8. The molecule has 1 atom stereocenters. The average Bonchev–Trinajstić information content (AvgIpc) is 3.49. The summed E-state index contributed by atoms with van der Waals surface area (Å²) in [6, 6.07) is 11.2. The number of aromatic hydroxyl groups is 1. The number of rotatable bonds is 5. The maximum atomic E-state index is 13.3. The van der Waals surface area contributed by atoms with Crippen LogP contribution in [0.4, 0.5) is 11.5 Å². The fraction of sp³-hybridized carbons (Fsp3) is 0.478. The molecule has 0 aliphatic carbocycles. The van der Waals surface area contributed by atoms with Gasteiger partial charge in [-0.1, -0.05) is 0 Å². The van der Waals surface area contributed by atoms with Gasteiger partial charge in [0.2, 0.25) is 11.8 Å². The average molecular weight is 439 g/mol. The zero-order valence-electron chi connectivity index (χ0n) is 18.3. The lowest BCUT2D eigenvalue weighted by atomic mass is 10.0. The number of ether oxygens (including phenoxy) is 1. The number of hydrogen-bond donors (Lipinski definition) is 3. The number of phenolic OH excluding ortho intramolecular Hbond substituents is 1. The van der Waals surface area contributed by atoms with E-state index in [9.17, 15) is 9.90 Å². The molecule has 3 aliphatic heterocycles. The van der Waals surface area contributed by atoms with Gasteiger partial charge in [-0.15, -0.1) is 0 Å². The molecule has 1 aromatic carbocycles. The number of carbonyl (C=O) groups excluding carboxylic acids is 1. The standard InChI is InChI=1S/C23H30N6O3/c1-32-22-19(16-14-24-25-15-16)6-7-21(26-22)29-9-8-20(23(29)31)28-12-10-27(11-13-28)17-2-4-18(30)5-3-17/h2-7,16,20,24-25,30H,8-15H2,1H3. The Morgan fingerprint density at radius 3 is 2.41 bits per heavy atom. The Kier molecular flexibility index (Phi) is 5.86. The quantitative estimate of drug-likeness (QED) is 0.635. The SMILES string of the molecule is COc1nc(N2CCC(N3CCN(c4ccc(O)cc4)CC3)C2=O)ccc1C1CNNC1. The van der Waals surface area contributed by atoms with E-state index in [1.54, 1.807) is 24.1 Å². The third-order valence-electron chi connectivity index (χ3n) is 6.75. The number of aromatic nitrogens is 1. The lowest BCUT2D eigenvalue weighted by Gasteiger charge is -2.38. The predicted molar refractivity (Wildman–Crippen MR) is 122 cm³/mol. The summed E-state index contributed by atoms with van der Waals surface area (Å²) in [4.78, 5) is 24.4. The second-order valence-electron chi connectivity index (χ2n) is 8.56. The Morgan fingerprint density at radius 2 is 1.72 bits per heavy atom. The van der Waals surface area contributed by atoms with Crippen LogP contribution in [0, 0.1) is 0 Å². The van der Waals surface area contributed by atoms with Gasteiger partial charge in [-0.05, 0) is 42.8 Å². The van der Waals surface area contributed by atoms with Crippen molar-refractivity contribution < 1.29 is 14.6 Å². The van der Waals surface area contributed by atoms with Crippen molar-refractivity contribution in [2.45, 2.75) is 18.4 Å². The van der Waals surface area contributed by atoms with Crippen LogP contribution in [0.5, 0.6) is 11.6 Å². The van der Waals surface area contributed by atoms with Crippen LogP contribution in [0.1, 0.15) is 17.9 Å². The molecule has 32 heavy (non-hydrogen) atoms. The van der Waals surface area contributed by atoms with Gasteiger partial charge in [0.15, 0.2) is 0 Å². The summed E-state index contributed by atoms with van der Waals surface area (Å²) in [6.45, 7) is 5.72. The van der Waals surface area contributed by atoms with E-state index in [0.29, 0.717) is 24.2 Å². The topological polar surface area (TPSA) is 93.2 Å². The number of methoxy groups -OCH3 is 1. The number of carbonyl (C=O) groups is 1. The number of nitrogens with zero attached hydrogens (tertiary/aromatic N) is 4. The van der Waals surface area contributed by atoms with Crippen molar-refractivity contribution in [2.24, 2.45) is 0 Å². The van der Waals surface area contributed by atoms with Crippen molar-refractivity contribution in [3.8, 4) is 11.6 Å². The summed E-state index contributed by atoms with van der Waals surface area (Å²) in [5.74, 6) is 1.96. The number of nitrogens with one attached hydrogen (secondary N) is 2. The second kappa shape index (κ2) is 8.93. The number of benzene rings is 1. The number of amides is 1. The zero-order valence-corrected chi connectivity index (χ0v) is 18.3. The van der Waals surface area contributed by atoms with E-state index in [1.165, 1.54) is 0 Å². The maximum absolute atomic E-state index is 13.3. The summed E-state index contributed by atoms with van der Waals surface area (Å²) in [5, 5.41) is 9.50. The molecule has 0 saturated carbocycles. The van der Waals surface area contributed by atoms with Crippen molar-refractivity contribution in [3.63, 3.8) is 0 Å². The number of anilines is 2. The van der Waals surface area contributed by atoms with Gasteiger partial charge in [0, 0.05) is 63.0 Å². The van der Waals surface area contributed by atoms with Crippen molar-refractivity contribution in [3.05, 3.63) is 42.0 Å². The molecule has 0 radical (unpaired) electrons. The Balaban J connectivity index is 1.24. The van der Waals surface area contributed by atoms with Crippen LogP contribution in [-0.2, 0) is 4.79 Å². The van der Waals surface area contributed by atoms with Crippen LogP contribution in [0.3, 0.4) is 0 Å². The molecule has 3 saturated heterocycles. The van der Waals surface area contributed by atoms with Gasteiger partial charge in [0.25, 0.3) is 0 Å². The highest BCUT2D eigenvalue weighted by Gasteiger charge is 2.38. The normalized spacial score (nSPS) is 22.7. The second-order valence-corrected chi connectivity index (χ2v) is 8.56. The maximum Gasteiger partial charge on any atom is 0.245 e. The van der Waals surface area contributed by atoms with Crippen molar-refractivity contribution >= 4 is 17.4 Å². The van der Waals surface area contributed by atoms with E-state index in [-0.39, 0.29) is 17.7 Å². The minimum Gasteiger partial charge on any atom is -0.508 e. The summed E-state index contributed by atoms with van der Waals surface area (Å²) < 4.78 is 5.56. The first-order valence-electron chi connectivity index (χ1n) is 11.2. The minimum atomic E-state index is -0.104. The van der Waals surface area contributed by atoms with Gasteiger partial charge in [-0.2, -0.15) is 4.98 Å². The van der Waals surface area contributed by atoms with Crippen LogP contribution < -0.4 is 25.4 Å². The van der Waals surface area contributed by atoms with Crippen LogP contribution >= 0.6 is 0 Å². The Bertz CT molecular complexity index is 955. The van der Waals surface area contributed by atoms with Gasteiger partial charge in [-0.3, -0.25) is 25.4 Å². The molecule has 3 fully saturated rings. The monoisotopic (exact) mass is 438 g/mol. The highest BCUT2D eigenvalue weighted by molar-refractivity contribution is 5.98. The summed E-state index contributed by atoms with van der Waals surface area (Å²) in [7, 11) is 1.63. The number of hydrazine groups is 1. The Hall–Kier alpha value is -2.88. The van der Waals surface area contributed by atoms with Crippen molar-refractivity contribution in [1.82, 2.24) is 20.7 Å². The van der Waals surface area contributed by atoms with Crippen LogP contribution in [0.25, 0.3) is 0 Å². The third-order valence-corrected chi connectivity index (χ3v) is 6.75. The fourth-order valence-corrected chi connectivity index (χ4v) is 4.94. The minimum absolute atomic E-state index is 0.104. The van der Waals surface area contributed by atoms with E-state index < -0.39 is 0 Å². The molecule has 1 aromatic heterocycles. The number of piperazine rings is 1. The first-order chi connectivity index (χ1) is 15.6. The zero-order chi connectivity index (χ0) is 22.1. The van der Waals surface area contributed by atoms with Gasteiger partial charge in [0.05, 0.1) is 13.2 Å². The lowest BCUT2D eigenvalue weighted by Crippen LogP contribution is -2.52. The predicted octanol–water partition coefficient (Wildman–Crippen LogP) is 0.915. The molecular weight excluding hydrogens is 408 g/mol. The van der Waals surface area contributed by atoms with E-state index in [0.717, 1.165) is 56.9 Å². The largest absolute Gasteiger partial charge is 0.508 e. The van der Waals surface area contributed by atoms with Gasteiger partial charge >= 0.3 is 0 Å². The Labute approximate surface area is 187 Å². The molecule has 170 valence electrons. The first-order valence-corrected chi connectivity index (χ1v) is 11.2. The van der Waals surface area contributed by atoms with E-state index in [2.05, 4.69) is 25.6 Å². The van der Waals surface area contributed by atoms with Crippen LogP contribution in [0.2, 0.25) is 0 Å². The molecule has 4 heterocycles. The summed E-state index contributed by atoms with van der Waals surface area (Å²) in [5.41, 5.74) is 8.44. The van der Waals surface area contributed by atoms with Crippen molar-refractivity contribution in [1.29, 1.82) is 0 Å². The third kappa shape index (κ3) is 3.99. The Morgan fingerprint density at radius 1 is 1.00 bits per heavy atom.